The molecule has 108 valence electrons. The Labute approximate surface area is 128 Å². The van der Waals surface area contributed by atoms with Crippen molar-refractivity contribution >= 4 is 33.2 Å². The predicted octanol–water partition coefficient (Wildman–Crippen LogP) is 3.96. The first-order valence-electron chi connectivity index (χ1n) is 6.57. The smallest absolute Gasteiger partial charge is 0.188 e. The topological polar surface area (TPSA) is 66.5 Å². The third kappa shape index (κ3) is 2.21. The minimum Gasteiger partial charge on any atom is -0.314 e. The van der Waals surface area contributed by atoms with Gasteiger partial charge in [-0.2, -0.15) is 5.10 Å². The highest BCUT2D eigenvalue weighted by atomic mass is 32.1. The number of thiazole rings is 1. The van der Waals surface area contributed by atoms with Crippen molar-refractivity contribution in [2.24, 2.45) is 0 Å². The molecular formula is C15H10FN5S. The highest BCUT2D eigenvalue weighted by molar-refractivity contribution is 7.13. The first-order chi connectivity index (χ1) is 10.8. The van der Waals surface area contributed by atoms with Crippen LogP contribution in [0.2, 0.25) is 0 Å². The Kier molecular flexibility index (Phi) is 3.05. The summed E-state index contributed by atoms with van der Waals surface area (Å²) < 4.78 is 13.9. The van der Waals surface area contributed by atoms with Crippen molar-refractivity contribution in [2.75, 3.05) is 5.32 Å². The fraction of sp³-hybridized carbons (Fsp3) is 0. The summed E-state index contributed by atoms with van der Waals surface area (Å²) in [5, 5.41) is 13.8. The third-order valence-corrected chi connectivity index (χ3v) is 3.94. The minimum atomic E-state index is -0.347. The zero-order valence-electron chi connectivity index (χ0n) is 11.2. The molecule has 22 heavy (non-hydrogen) atoms. The number of anilines is 2. The molecule has 0 bridgehead atoms. The van der Waals surface area contributed by atoms with E-state index in [0.717, 1.165) is 16.0 Å². The number of H-pyrrole nitrogens is 1. The van der Waals surface area contributed by atoms with E-state index in [0.29, 0.717) is 17.1 Å². The van der Waals surface area contributed by atoms with Crippen molar-refractivity contribution in [1.29, 1.82) is 0 Å². The Hall–Kier alpha value is -2.80. The van der Waals surface area contributed by atoms with E-state index in [4.69, 9.17) is 0 Å². The molecule has 7 heteroatoms. The molecular weight excluding hydrogens is 301 g/mol. The van der Waals surface area contributed by atoms with Gasteiger partial charge in [0.25, 0.3) is 0 Å². The van der Waals surface area contributed by atoms with Gasteiger partial charge >= 0.3 is 0 Å². The van der Waals surface area contributed by atoms with Crippen LogP contribution < -0.4 is 5.32 Å². The van der Waals surface area contributed by atoms with E-state index < -0.39 is 0 Å². The van der Waals surface area contributed by atoms with Gasteiger partial charge in [0.05, 0.1) is 5.52 Å². The zero-order chi connectivity index (χ0) is 14.9. The molecule has 0 atom stereocenters. The van der Waals surface area contributed by atoms with E-state index in [-0.39, 0.29) is 5.82 Å². The summed E-state index contributed by atoms with van der Waals surface area (Å²) in [7, 11) is 0. The average Bonchev–Trinajstić information content (AvgIpc) is 3.18. The average molecular weight is 311 g/mol. The van der Waals surface area contributed by atoms with Gasteiger partial charge in [-0.1, -0.05) is 6.07 Å². The minimum absolute atomic E-state index is 0.325. The van der Waals surface area contributed by atoms with Crippen LogP contribution in [0.5, 0.6) is 0 Å². The molecule has 0 amide bonds. The molecule has 0 unspecified atom stereocenters. The van der Waals surface area contributed by atoms with Crippen molar-refractivity contribution in [3.63, 3.8) is 0 Å². The first kappa shape index (κ1) is 12.9. The number of fused-ring (bicyclic) bond motifs is 1. The Balaban J connectivity index is 1.81. The molecule has 0 aliphatic carbocycles. The predicted molar refractivity (Wildman–Crippen MR) is 84.7 cm³/mol. The molecule has 2 N–H and O–H groups in total. The Bertz CT molecular complexity index is 932. The van der Waals surface area contributed by atoms with E-state index in [1.807, 2.05) is 23.6 Å². The van der Waals surface area contributed by atoms with Gasteiger partial charge in [0, 0.05) is 28.7 Å². The maximum absolute atomic E-state index is 13.9. The molecule has 0 saturated heterocycles. The highest BCUT2D eigenvalue weighted by Gasteiger charge is 2.11. The lowest BCUT2D eigenvalue weighted by molar-refractivity contribution is 0.626. The van der Waals surface area contributed by atoms with E-state index in [9.17, 15) is 4.39 Å². The summed E-state index contributed by atoms with van der Waals surface area (Å²) in [6.45, 7) is 0. The molecule has 0 fully saturated rings. The van der Waals surface area contributed by atoms with E-state index in [1.54, 1.807) is 18.5 Å². The molecule has 3 heterocycles. The Morgan fingerprint density at radius 3 is 2.91 bits per heavy atom. The number of halogens is 1. The van der Waals surface area contributed by atoms with E-state index >= 15 is 0 Å². The lowest BCUT2D eigenvalue weighted by Gasteiger charge is -2.03. The van der Waals surface area contributed by atoms with Crippen LogP contribution in [0.1, 0.15) is 0 Å². The summed E-state index contributed by atoms with van der Waals surface area (Å²) >= 11 is 1.48. The second kappa shape index (κ2) is 5.19. The lowest BCUT2D eigenvalue weighted by Crippen LogP contribution is -1.91. The van der Waals surface area contributed by atoms with Crippen molar-refractivity contribution in [1.82, 2.24) is 20.2 Å². The first-order valence-corrected chi connectivity index (χ1v) is 7.45. The largest absolute Gasteiger partial charge is 0.314 e. The van der Waals surface area contributed by atoms with Gasteiger partial charge in [0.15, 0.2) is 10.9 Å². The molecule has 4 aromatic rings. The number of hydrogen-bond donors (Lipinski definition) is 2. The number of nitrogens with zero attached hydrogens (tertiary/aromatic N) is 3. The monoisotopic (exact) mass is 311 g/mol. The number of nitrogens with one attached hydrogen (secondary N) is 2. The Morgan fingerprint density at radius 1 is 1.14 bits per heavy atom. The van der Waals surface area contributed by atoms with Crippen molar-refractivity contribution < 1.29 is 4.39 Å². The van der Waals surface area contributed by atoms with Crippen LogP contribution in [0, 0.1) is 5.82 Å². The van der Waals surface area contributed by atoms with Crippen LogP contribution in [-0.4, -0.2) is 20.2 Å². The van der Waals surface area contributed by atoms with Crippen LogP contribution in [0.3, 0.4) is 0 Å². The maximum Gasteiger partial charge on any atom is 0.188 e. The zero-order valence-corrected chi connectivity index (χ0v) is 12.1. The fourth-order valence-corrected chi connectivity index (χ4v) is 2.77. The number of aromatic amines is 1. The van der Waals surface area contributed by atoms with Gasteiger partial charge in [-0.15, -0.1) is 11.3 Å². The molecule has 5 nitrogen and oxygen atoms in total. The molecule has 0 spiro atoms. The summed E-state index contributed by atoms with van der Waals surface area (Å²) in [6, 6.07) is 8.51. The molecule has 1 aromatic carbocycles. The Morgan fingerprint density at radius 2 is 2.09 bits per heavy atom. The summed E-state index contributed by atoms with van der Waals surface area (Å²) in [5.41, 5.74) is 1.89. The van der Waals surface area contributed by atoms with Crippen molar-refractivity contribution in [2.45, 2.75) is 0 Å². The maximum atomic E-state index is 13.9. The number of hydrogen-bond acceptors (Lipinski definition) is 5. The van der Waals surface area contributed by atoms with Crippen LogP contribution >= 0.6 is 11.3 Å². The van der Waals surface area contributed by atoms with Gasteiger partial charge in [-0.05, 0) is 24.3 Å². The molecule has 0 aliphatic heterocycles. The summed E-state index contributed by atoms with van der Waals surface area (Å²) in [6.07, 6.45) is 3.29. The standard InChI is InChI=1S/C15H10FN5S/c16-11-2-1-5-17-13(11)9-3-4-12-10(8-9)14(21-20-12)19-15-18-6-7-22-15/h1-8H,(H2,18,19,20,21). The molecule has 4 rings (SSSR count). The van der Waals surface area contributed by atoms with Crippen LogP contribution in [-0.2, 0) is 0 Å². The van der Waals surface area contributed by atoms with Crippen LogP contribution in [0.15, 0.2) is 48.1 Å². The van der Waals surface area contributed by atoms with Gasteiger partial charge in [-0.25, -0.2) is 9.37 Å². The van der Waals surface area contributed by atoms with Gasteiger partial charge in [0.2, 0.25) is 0 Å². The SMILES string of the molecule is Fc1cccnc1-c1ccc2[nH]nc(Nc3nccs3)c2c1. The van der Waals surface area contributed by atoms with Crippen molar-refractivity contribution in [3.8, 4) is 11.3 Å². The quantitative estimate of drug-likeness (QED) is 0.601. The number of rotatable bonds is 3. The molecule has 0 aliphatic rings. The number of aromatic nitrogens is 4. The second-order valence-electron chi connectivity index (χ2n) is 4.63. The fourth-order valence-electron chi connectivity index (χ4n) is 2.24. The third-order valence-electron chi connectivity index (χ3n) is 3.25. The van der Waals surface area contributed by atoms with Crippen LogP contribution in [0.25, 0.3) is 22.2 Å². The van der Waals surface area contributed by atoms with Crippen LogP contribution in [0.4, 0.5) is 15.3 Å². The number of pyridine rings is 1. The van der Waals surface area contributed by atoms with E-state index in [2.05, 4.69) is 25.5 Å². The normalized spacial score (nSPS) is 11.0. The second-order valence-corrected chi connectivity index (χ2v) is 5.52. The molecule has 0 saturated carbocycles. The van der Waals surface area contributed by atoms with Crippen molar-refractivity contribution in [3.05, 3.63) is 53.9 Å². The van der Waals surface area contributed by atoms with Gasteiger partial charge in [0.1, 0.15) is 11.5 Å². The number of benzene rings is 1. The summed E-state index contributed by atoms with van der Waals surface area (Å²) in [4.78, 5) is 8.28. The molecule has 0 radical (unpaired) electrons. The van der Waals surface area contributed by atoms with Gasteiger partial charge in [-0.3, -0.25) is 10.1 Å². The lowest BCUT2D eigenvalue weighted by atomic mass is 10.1. The van der Waals surface area contributed by atoms with Gasteiger partial charge < -0.3 is 5.32 Å². The highest BCUT2D eigenvalue weighted by Crippen LogP contribution is 2.29. The summed E-state index contributed by atoms with van der Waals surface area (Å²) in [5.74, 6) is 0.308. The van der Waals surface area contributed by atoms with E-state index in [1.165, 1.54) is 17.4 Å². The molecule has 3 aromatic heterocycles.